The van der Waals surface area contributed by atoms with Gasteiger partial charge in [-0.3, -0.25) is 9.78 Å². The van der Waals surface area contributed by atoms with E-state index < -0.39 is 0 Å². The lowest BCUT2D eigenvalue weighted by Crippen LogP contribution is -2.14. The Balaban J connectivity index is 2.33. The van der Waals surface area contributed by atoms with Gasteiger partial charge in [-0.2, -0.15) is 0 Å². The second-order valence-corrected chi connectivity index (χ2v) is 4.85. The molecular weight excluding hydrogens is 276 g/mol. The van der Waals surface area contributed by atoms with Crippen molar-refractivity contribution in [3.8, 4) is 5.75 Å². The number of benzene rings is 1. The molecule has 0 saturated heterocycles. The van der Waals surface area contributed by atoms with E-state index in [2.05, 4.69) is 10.3 Å². The van der Waals surface area contributed by atoms with Gasteiger partial charge in [0.1, 0.15) is 5.75 Å². The number of aryl methyl sites for hydroxylation is 2. The molecule has 0 saturated carbocycles. The highest BCUT2D eigenvalue weighted by atomic mass is 35.5. The predicted molar refractivity (Wildman–Crippen MR) is 79.7 cm³/mol. The molecule has 1 N–H and O–H groups in total. The van der Waals surface area contributed by atoms with E-state index in [1.54, 1.807) is 30.6 Å². The zero-order valence-corrected chi connectivity index (χ0v) is 12.3. The van der Waals surface area contributed by atoms with Crippen molar-refractivity contribution in [2.75, 3.05) is 12.4 Å². The summed E-state index contributed by atoms with van der Waals surface area (Å²) in [5, 5.41) is 3.42. The normalized spacial score (nSPS) is 10.2. The van der Waals surface area contributed by atoms with Crippen LogP contribution in [0.15, 0.2) is 30.6 Å². The summed E-state index contributed by atoms with van der Waals surface area (Å²) in [5.74, 6) is 0.297. The van der Waals surface area contributed by atoms with Crippen molar-refractivity contribution in [2.24, 2.45) is 0 Å². The summed E-state index contributed by atoms with van der Waals surface area (Å²) in [6.07, 6.45) is 3.19. The molecule has 4 nitrogen and oxygen atoms in total. The molecule has 0 aliphatic carbocycles. The number of ether oxygens (including phenoxy) is 1. The highest BCUT2D eigenvalue weighted by molar-refractivity contribution is 6.31. The van der Waals surface area contributed by atoms with Gasteiger partial charge in [0.15, 0.2) is 0 Å². The average Bonchev–Trinajstić information content (AvgIpc) is 2.43. The molecule has 0 radical (unpaired) electrons. The fourth-order valence-electron chi connectivity index (χ4n) is 1.82. The maximum atomic E-state index is 12.3. The first-order chi connectivity index (χ1) is 9.52. The summed E-state index contributed by atoms with van der Waals surface area (Å²) in [5.41, 5.74) is 2.85. The third-order valence-electron chi connectivity index (χ3n) is 3.01. The van der Waals surface area contributed by atoms with Crippen LogP contribution >= 0.6 is 11.6 Å². The van der Waals surface area contributed by atoms with Crippen LogP contribution in [0.25, 0.3) is 0 Å². The molecule has 0 aliphatic rings. The Kier molecular flexibility index (Phi) is 4.25. The van der Waals surface area contributed by atoms with Crippen LogP contribution in [0.2, 0.25) is 5.02 Å². The molecule has 20 heavy (non-hydrogen) atoms. The molecule has 2 rings (SSSR count). The zero-order valence-electron chi connectivity index (χ0n) is 11.5. The number of nitrogens with one attached hydrogen (secondary N) is 1. The summed E-state index contributed by atoms with van der Waals surface area (Å²) in [4.78, 5) is 16.2. The SMILES string of the molecule is COc1cc(Cl)c(C)cc1NC(=O)c1cnccc1C. The van der Waals surface area contributed by atoms with Gasteiger partial charge >= 0.3 is 0 Å². The molecular formula is C15H15ClN2O2. The largest absolute Gasteiger partial charge is 0.495 e. The van der Waals surface area contributed by atoms with E-state index in [1.807, 2.05) is 13.8 Å². The van der Waals surface area contributed by atoms with Gasteiger partial charge < -0.3 is 10.1 Å². The molecule has 0 spiro atoms. The minimum Gasteiger partial charge on any atom is -0.495 e. The standard InChI is InChI=1S/C15H15ClN2O2/c1-9-4-5-17-8-11(9)15(19)18-13-6-10(2)12(16)7-14(13)20-3/h4-8H,1-3H3,(H,18,19). The summed E-state index contributed by atoms with van der Waals surface area (Å²) >= 11 is 6.04. The number of hydrogen-bond acceptors (Lipinski definition) is 3. The smallest absolute Gasteiger partial charge is 0.257 e. The van der Waals surface area contributed by atoms with Crippen molar-refractivity contribution in [3.63, 3.8) is 0 Å². The second kappa shape index (κ2) is 5.92. The minimum atomic E-state index is -0.226. The quantitative estimate of drug-likeness (QED) is 0.939. The molecule has 1 aromatic carbocycles. The van der Waals surface area contributed by atoms with Gasteiger partial charge in [0.25, 0.3) is 5.91 Å². The summed E-state index contributed by atoms with van der Waals surface area (Å²) in [6.45, 7) is 3.73. The van der Waals surface area contributed by atoms with E-state index in [0.717, 1.165) is 11.1 Å². The monoisotopic (exact) mass is 290 g/mol. The molecule has 0 unspecified atom stereocenters. The van der Waals surface area contributed by atoms with Gasteiger partial charge in [-0.25, -0.2) is 0 Å². The number of aromatic nitrogens is 1. The van der Waals surface area contributed by atoms with Crippen molar-refractivity contribution < 1.29 is 9.53 Å². The van der Waals surface area contributed by atoms with Crippen molar-refractivity contribution in [2.45, 2.75) is 13.8 Å². The Morgan fingerprint density at radius 2 is 2.05 bits per heavy atom. The summed E-state index contributed by atoms with van der Waals surface area (Å²) in [6, 6.07) is 5.26. The Morgan fingerprint density at radius 3 is 2.70 bits per heavy atom. The molecule has 5 heteroatoms. The number of carbonyl (C=O) groups is 1. The van der Waals surface area contributed by atoms with Gasteiger partial charge in [-0.05, 0) is 37.1 Å². The molecule has 1 aromatic heterocycles. The lowest BCUT2D eigenvalue weighted by atomic mass is 10.1. The fraction of sp³-hybridized carbons (Fsp3) is 0.200. The van der Waals surface area contributed by atoms with Crippen LogP contribution < -0.4 is 10.1 Å². The van der Waals surface area contributed by atoms with E-state index in [0.29, 0.717) is 22.0 Å². The van der Waals surface area contributed by atoms with Crippen LogP contribution in [0.3, 0.4) is 0 Å². The Hall–Kier alpha value is -2.07. The lowest BCUT2D eigenvalue weighted by Gasteiger charge is -2.13. The predicted octanol–water partition coefficient (Wildman–Crippen LogP) is 3.61. The van der Waals surface area contributed by atoms with Crippen LogP contribution in [-0.2, 0) is 0 Å². The minimum absolute atomic E-state index is 0.226. The van der Waals surface area contributed by atoms with Crippen LogP contribution in [-0.4, -0.2) is 18.0 Å². The molecule has 0 atom stereocenters. The third-order valence-corrected chi connectivity index (χ3v) is 3.42. The third kappa shape index (κ3) is 2.91. The Bertz CT molecular complexity index is 656. The number of hydrogen-bond donors (Lipinski definition) is 1. The first-order valence-corrected chi connectivity index (χ1v) is 6.47. The van der Waals surface area contributed by atoms with Crippen molar-refractivity contribution >= 4 is 23.2 Å². The van der Waals surface area contributed by atoms with E-state index >= 15 is 0 Å². The van der Waals surface area contributed by atoms with Crippen LogP contribution in [0.5, 0.6) is 5.75 Å². The molecule has 0 fully saturated rings. The number of nitrogens with zero attached hydrogens (tertiary/aromatic N) is 1. The van der Waals surface area contributed by atoms with Crippen LogP contribution in [0.1, 0.15) is 21.5 Å². The number of carbonyl (C=O) groups excluding carboxylic acids is 1. The van der Waals surface area contributed by atoms with E-state index in [9.17, 15) is 4.79 Å². The molecule has 104 valence electrons. The highest BCUT2D eigenvalue weighted by Crippen LogP contribution is 2.31. The van der Waals surface area contributed by atoms with E-state index in [4.69, 9.17) is 16.3 Å². The van der Waals surface area contributed by atoms with Crippen molar-refractivity contribution in [1.29, 1.82) is 0 Å². The molecule has 0 aliphatic heterocycles. The Morgan fingerprint density at radius 1 is 1.30 bits per heavy atom. The highest BCUT2D eigenvalue weighted by Gasteiger charge is 2.13. The average molecular weight is 291 g/mol. The number of pyridine rings is 1. The second-order valence-electron chi connectivity index (χ2n) is 4.45. The first-order valence-electron chi connectivity index (χ1n) is 6.09. The van der Waals surface area contributed by atoms with Crippen molar-refractivity contribution in [3.05, 3.63) is 52.3 Å². The number of amides is 1. The molecule has 1 heterocycles. The fourth-order valence-corrected chi connectivity index (χ4v) is 1.97. The van der Waals surface area contributed by atoms with Crippen LogP contribution in [0, 0.1) is 13.8 Å². The number of halogens is 1. The van der Waals surface area contributed by atoms with E-state index in [-0.39, 0.29) is 5.91 Å². The number of rotatable bonds is 3. The maximum Gasteiger partial charge on any atom is 0.257 e. The van der Waals surface area contributed by atoms with Gasteiger partial charge in [0.05, 0.1) is 18.4 Å². The molecule has 0 bridgehead atoms. The summed E-state index contributed by atoms with van der Waals surface area (Å²) in [7, 11) is 1.53. The van der Waals surface area contributed by atoms with Gasteiger partial charge in [0, 0.05) is 23.5 Å². The topological polar surface area (TPSA) is 51.2 Å². The van der Waals surface area contributed by atoms with Crippen molar-refractivity contribution in [1.82, 2.24) is 4.98 Å². The Labute approximate surface area is 122 Å². The first kappa shape index (κ1) is 14.3. The molecule has 1 amide bonds. The van der Waals surface area contributed by atoms with Crippen LogP contribution in [0.4, 0.5) is 5.69 Å². The maximum absolute atomic E-state index is 12.3. The lowest BCUT2D eigenvalue weighted by molar-refractivity contribution is 0.102. The zero-order chi connectivity index (χ0) is 14.7. The van der Waals surface area contributed by atoms with E-state index in [1.165, 1.54) is 7.11 Å². The van der Waals surface area contributed by atoms with Gasteiger partial charge in [0.2, 0.25) is 0 Å². The van der Waals surface area contributed by atoms with Gasteiger partial charge in [-0.15, -0.1) is 0 Å². The molecule has 2 aromatic rings. The van der Waals surface area contributed by atoms with Gasteiger partial charge in [-0.1, -0.05) is 11.6 Å². The number of methoxy groups -OCH3 is 1. The summed E-state index contributed by atoms with van der Waals surface area (Å²) < 4.78 is 5.23. The number of anilines is 1.